The van der Waals surface area contributed by atoms with Crippen molar-refractivity contribution in [1.82, 2.24) is 9.55 Å². The van der Waals surface area contributed by atoms with E-state index in [4.69, 9.17) is 14.2 Å². The van der Waals surface area contributed by atoms with Gasteiger partial charge in [-0.15, -0.1) is 0 Å². The molecular formula is C18H20N2O6. The highest BCUT2D eigenvalue weighted by Crippen LogP contribution is 2.23. The third kappa shape index (κ3) is 4.08. The van der Waals surface area contributed by atoms with Gasteiger partial charge < -0.3 is 14.2 Å². The molecule has 2 aromatic rings. The molecule has 8 heteroatoms. The zero-order valence-corrected chi connectivity index (χ0v) is 15.1. The van der Waals surface area contributed by atoms with Crippen LogP contribution in [-0.2, 0) is 16.6 Å². The number of hydrogen-bond acceptors (Lipinski definition) is 7. The fourth-order valence-corrected chi connectivity index (χ4v) is 2.29. The highest BCUT2D eigenvalue weighted by Gasteiger charge is 2.23. The molecule has 0 saturated carbocycles. The lowest BCUT2D eigenvalue weighted by molar-refractivity contribution is -0.131. The van der Waals surface area contributed by atoms with E-state index >= 15 is 0 Å². The maximum atomic E-state index is 12.6. The van der Waals surface area contributed by atoms with E-state index in [2.05, 4.69) is 4.98 Å². The van der Waals surface area contributed by atoms with Crippen LogP contribution in [0, 0.1) is 0 Å². The molecule has 0 aliphatic carbocycles. The number of hydrogen-bond donors (Lipinski definition) is 0. The van der Waals surface area contributed by atoms with Crippen LogP contribution in [0.15, 0.2) is 29.1 Å². The molecule has 138 valence electrons. The van der Waals surface area contributed by atoms with Gasteiger partial charge in [-0.1, -0.05) is 0 Å². The van der Waals surface area contributed by atoms with Crippen molar-refractivity contribution < 1.29 is 23.8 Å². The first-order valence-corrected chi connectivity index (χ1v) is 8.08. The SMILES string of the molecule is CCOC(=O)c1nc(-c2ccc(OC(C)=O)cc2)n(C)c(=O)c1OCC. The summed E-state index contributed by atoms with van der Waals surface area (Å²) in [6.45, 7) is 5.02. The smallest absolute Gasteiger partial charge is 0.361 e. The first-order valence-electron chi connectivity index (χ1n) is 8.08. The summed E-state index contributed by atoms with van der Waals surface area (Å²) in [5.74, 6) is -0.687. The fourth-order valence-electron chi connectivity index (χ4n) is 2.29. The Bertz CT molecular complexity index is 870. The highest BCUT2D eigenvalue weighted by molar-refractivity contribution is 5.90. The molecule has 0 N–H and O–H groups in total. The third-order valence-corrected chi connectivity index (χ3v) is 3.38. The van der Waals surface area contributed by atoms with E-state index in [1.165, 1.54) is 18.5 Å². The molecule has 0 amide bonds. The molecule has 0 radical (unpaired) electrons. The highest BCUT2D eigenvalue weighted by atomic mass is 16.5. The Balaban J connectivity index is 2.56. The molecule has 0 atom stereocenters. The number of carbonyl (C=O) groups is 2. The Morgan fingerprint density at radius 2 is 1.77 bits per heavy atom. The predicted octanol–water partition coefficient (Wildman–Crippen LogP) is 1.95. The minimum atomic E-state index is -0.730. The molecule has 1 aromatic carbocycles. The molecule has 0 aliphatic rings. The van der Waals surface area contributed by atoms with Crippen molar-refractivity contribution in [3.63, 3.8) is 0 Å². The maximum Gasteiger partial charge on any atom is 0.361 e. The van der Waals surface area contributed by atoms with Gasteiger partial charge in [0.05, 0.1) is 13.2 Å². The number of aromatic nitrogens is 2. The Morgan fingerprint density at radius 3 is 2.31 bits per heavy atom. The molecule has 0 bridgehead atoms. The van der Waals surface area contributed by atoms with Crippen LogP contribution in [0.5, 0.6) is 11.5 Å². The average molecular weight is 360 g/mol. The number of rotatable bonds is 6. The minimum absolute atomic E-state index is 0.145. The van der Waals surface area contributed by atoms with Crippen LogP contribution in [0.2, 0.25) is 0 Å². The Hall–Kier alpha value is -3.16. The molecule has 0 aliphatic heterocycles. The molecule has 1 aromatic heterocycles. The molecule has 0 unspecified atom stereocenters. The average Bonchev–Trinajstić information content (AvgIpc) is 2.60. The Kier molecular flexibility index (Phi) is 6.11. The number of nitrogens with zero attached hydrogens (tertiary/aromatic N) is 2. The summed E-state index contributed by atoms with van der Waals surface area (Å²) in [5, 5.41) is 0. The third-order valence-electron chi connectivity index (χ3n) is 3.38. The van der Waals surface area contributed by atoms with Crippen molar-refractivity contribution in [2.24, 2.45) is 7.05 Å². The second kappa shape index (κ2) is 8.28. The predicted molar refractivity (Wildman–Crippen MR) is 93.3 cm³/mol. The Morgan fingerprint density at radius 1 is 1.12 bits per heavy atom. The van der Waals surface area contributed by atoms with Crippen molar-refractivity contribution in [3.05, 3.63) is 40.3 Å². The van der Waals surface area contributed by atoms with Crippen LogP contribution in [0.4, 0.5) is 0 Å². The van der Waals surface area contributed by atoms with Gasteiger partial charge in [0, 0.05) is 19.5 Å². The molecule has 0 saturated heterocycles. The van der Waals surface area contributed by atoms with Crippen LogP contribution in [0.1, 0.15) is 31.3 Å². The Labute approximate surface area is 150 Å². The van der Waals surface area contributed by atoms with Gasteiger partial charge in [0.15, 0.2) is 5.69 Å². The number of carbonyl (C=O) groups excluding carboxylic acids is 2. The summed E-state index contributed by atoms with van der Waals surface area (Å²) in [6.07, 6.45) is 0. The van der Waals surface area contributed by atoms with E-state index in [0.29, 0.717) is 11.3 Å². The summed E-state index contributed by atoms with van der Waals surface area (Å²) in [5.41, 5.74) is -0.103. The van der Waals surface area contributed by atoms with Crippen LogP contribution >= 0.6 is 0 Å². The molecule has 2 rings (SSSR count). The van der Waals surface area contributed by atoms with Crippen LogP contribution in [0.3, 0.4) is 0 Å². The first-order chi connectivity index (χ1) is 12.4. The van der Waals surface area contributed by atoms with Gasteiger partial charge >= 0.3 is 11.9 Å². The molecule has 26 heavy (non-hydrogen) atoms. The van der Waals surface area contributed by atoms with Crippen molar-refractivity contribution in [1.29, 1.82) is 0 Å². The number of ether oxygens (including phenoxy) is 3. The zero-order valence-electron chi connectivity index (χ0n) is 15.1. The summed E-state index contributed by atoms with van der Waals surface area (Å²) in [4.78, 5) is 40.1. The van der Waals surface area contributed by atoms with Crippen LogP contribution in [-0.4, -0.2) is 34.7 Å². The van der Waals surface area contributed by atoms with E-state index < -0.39 is 17.5 Å². The van der Waals surface area contributed by atoms with Gasteiger partial charge in [-0.25, -0.2) is 9.78 Å². The molecule has 0 spiro atoms. The van der Waals surface area contributed by atoms with Crippen LogP contribution < -0.4 is 15.0 Å². The van der Waals surface area contributed by atoms with Crippen molar-refractivity contribution >= 4 is 11.9 Å². The second-order valence-corrected chi connectivity index (χ2v) is 5.25. The molecular weight excluding hydrogens is 340 g/mol. The minimum Gasteiger partial charge on any atom is -0.486 e. The van der Waals surface area contributed by atoms with Gasteiger partial charge in [-0.3, -0.25) is 14.2 Å². The van der Waals surface area contributed by atoms with Crippen molar-refractivity contribution in [3.8, 4) is 22.9 Å². The second-order valence-electron chi connectivity index (χ2n) is 5.25. The standard InChI is InChI=1S/C18H20N2O6/c1-5-24-15-14(18(23)25-6-2)19-16(20(4)17(15)22)12-7-9-13(10-8-12)26-11(3)21/h7-10H,5-6H2,1-4H3. The fraction of sp³-hybridized carbons (Fsp3) is 0.333. The van der Waals surface area contributed by atoms with Gasteiger partial charge in [0.25, 0.3) is 5.56 Å². The summed E-state index contributed by atoms with van der Waals surface area (Å²) in [7, 11) is 1.53. The number of benzene rings is 1. The quantitative estimate of drug-likeness (QED) is 0.574. The first kappa shape index (κ1) is 19.2. The summed E-state index contributed by atoms with van der Waals surface area (Å²) in [6, 6.07) is 6.41. The van der Waals surface area contributed by atoms with Gasteiger partial charge in [-0.2, -0.15) is 0 Å². The normalized spacial score (nSPS) is 10.3. The largest absolute Gasteiger partial charge is 0.486 e. The lowest BCUT2D eigenvalue weighted by Crippen LogP contribution is -2.26. The van der Waals surface area contributed by atoms with E-state index in [1.54, 1.807) is 38.1 Å². The van der Waals surface area contributed by atoms with E-state index in [-0.39, 0.29) is 30.5 Å². The van der Waals surface area contributed by atoms with Gasteiger partial charge in [0.2, 0.25) is 5.75 Å². The summed E-state index contributed by atoms with van der Waals surface area (Å²) >= 11 is 0. The molecule has 1 heterocycles. The molecule has 8 nitrogen and oxygen atoms in total. The monoisotopic (exact) mass is 360 g/mol. The number of esters is 2. The lowest BCUT2D eigenvalue weighted by Gasteiger charge is -2.14. The molecule has 0 fully saturated rings. The van der Waals surface area contributed by atoms with E-state index in [9.17, 15) is 14.4 Å². The van der Waals surface area contributed by atoms with Crippen LogP contribution in [0.25, 0.3) is 11.4 Å². The van der Waals surface area contributed by atoms with E-state index in [1.807, 2.05) is 0 Å². The summed E-state index contributed by atoms with van der Waals surface area (Å²) < 4.78 is 16.6. The van der Waals surface area contributed by atoms with Crippen molar-refractivity contribution in [2.75, 3.05) is 13.2 Å². The maximum absolute atomic E-state index is 12.6. The zero-order chi connectivity index (χ0) is 19.3. The lowest BCUT2D eigenvalue weighted by atomic mass is 10.2. The van der Waals surface area contributed by atoms with Gasteiger partial charge in [0.1, 0.15) is 11.6 Å². The van der Waals surface area contributed by atoms with Crippen molar-refractivity contribution in [2.45, 2.75) is 20.8 Å². The van der Waals surface area contributed by atoms with Gasteiger partial charge in [-0.05, 0) is 38.1 Å². The van der Waals surface area contributed by atoms with E-state index in [0.717, 1.165) is 0 Å². The topological polar surface area (TPSA) is 96.7 Å².